The molecule has 0 spiro atoms. The van der Waals surface area contributed by atoms with Gasteiger partial charge in [-0.25, -0.2) is 9.37 Å². The van der Waals surface area contributed by atoms with Gasteiger partial charge in [-0.3, -0.25) is 0 Å². The molecule has 0 aliphatic heterocycles. The fraction of sp³-hybridized carbons (Fsp3) is 0.154. The van der Waals surface area contributed by atoms with Crippen molar-refractivity contribution in [3.05, 3.63) is 63.6 Å². The summed E-state index contributed by atoms with van der Waals surface area (Å²) >= 11 is 11.6. The van der Waals surface area contributed by atoms with Crippen LogP contribution in [0.15, 0.2) is 36.5 Å². The molecule has 1 N–H and O–H groups in total. The van der Waals surface area contributed by atoms with Crippen LogP contribution in [-0.2, 0) is 6.42 Å². The van der Waals surface area contributed by atoms with Gasteiger partial charge in [-0.2, -0.15) is 0 Å². The van der Waals surface area contributed by atoms with Crippen LogP contribution in [0.5, 0.6) is 0 Å². The Bertz CT molecular complexity index is 545. The van der Waals surface area contributed by atoms with E-state index >= 15 is 0 Å². The van der Waals surface area contributed by atoms with Crippen LogP contribution < -0.4 is 0 Å². The number of rotatable bonds is 3. The lowest BCUT2D eigenvalue weighted by molar-refractivity contribution is 0.178. The summed E-state index contributed by atoms with van der Waals surface area (Å²) in [7, 11) is 0. The van der Waals surface area contributed by atoms with E-state index in [4.69, 9.17) is 23.2 Å². The average Bonchev–Trinajstić information content (AvgIpc) is 2.33. The van der Waals surface area contributed by atoms with Crippen molar-refractivity contribution in [2.24, 2.45) is 0 Å². The predicted molar refractivity (Wildman–Crippen MR) is 69.3 cm³/mol. The SMILES string of the molecule is OC(Cc1ccc(F)cc1Cl)c1ccc(Cl)nc1. The minimum Gasteiger partial charge on any atom is -0.388 e. The van der Waals surface area contributed by atoms with Crippen LogP contribution in [0.1, 0.15) is 17.2 Å². The molecule has 1 atom stereocenters. The van der Waals surface area contributed by atoms with Gasteiger partial charge in [-0.05, 0) is 29.3 Å². The summed E-state index contributed by atoms with van der Waals surface area (Å²) in [5, 5.41) is 10.7. The van der Waals surface area contributed by atoms with Gasteiger partial charge in [0, 0.05) is 17.6 Å². The number of aliphatic hydroxyl groups excluding tert-OH is 1. The Balaban J connectivity index is 2.15. The predicted octanol–water partition coefficient (Wildman–Crippen LogP) is 3.80. The highest BCUT2D eigenvalue weighted by Crippen LogP contribution is 2.24. The Morgan fingerprint density at radius 3 is 2.61 bits per heavy atom. The zero-order valence-electron chi connectivity index (χ0n) is 9.28. The molecule has 0 radical (unpaired) electrons. The topological polar surface area (TPSA) is 33.1 Å². The minimum absolute atomic E-state index is 0.294. The highest BCUT2D eigenvalue weighted by atomic mass is 35.5. The number of halogens is 3. The third kappa shape index (κ3) is 3.19. The third-order valence-corrected chi connectivity index (χ3v) is 3.14. The van der Waals surface area contributed by atoms with Gasteiger partial charge in [0.05, 0.1) is 6.10 Å². The number of aliphatic hydroxyl groups is 1. The Morgan fingerprint density at radius 1 is 1.22 bits per heavy atom. The molecule has 0 amide bonds. The lowest BCUT2D eigenvalue weighted by atomic mass is 10.0. The molecule has 1 unspecified atom stereocenters. The maximum absolute atomic E-state index is 12.9. The smallest absolute Gasteiger partial charge is 0.129 e. The molecule has 2 nitrogen and oxygen atoms in total. The monoisotopic (exact) mass is 285 g/mol. The summed E-state index contributed by atoms with van der Waals surface area (Å²) in [5.41, 5.74) is 1.32. The molecule has 1 heterocycles. The van der Waals surface area contributed by atoms with E-state index in [-0.39, 0.29) is 0 Å². The average molecular weight is 286 g/mol. The van der Waals surface area contributed by atoms with E-state index in [1.807, 2.05) is 0 Å². The van der Waals surface area contributed by atoms with Gasteiger partial charge in [-0.1, -0.05) is 35.3 Å². The Morgan fingerprint density at radius 2 is 2.00 bits per heavy atom. The summed E-state index contributed by atoms with van der Waals surface area (Å²) in [5.74, 6) is -0.397. The van der Waals surface area contributed by atoms with E-state index in [0.717, 1.165) is 0 Å². The number of hydrogen-bond acceptors (Lipinski definition) is 2. The van der Waals surface area contributed by atoms with Crippen LogP contribution in [0.25, 0.3) is 0 Å². The molecule has 0 saturated heterocycles. The summed E-state index contributed by atoms with van der Waals surface area (Å²) in [4.78, 5) is 3.89. The third-order valence-electron chi connectivity index (χ3n) is 2.56. The Hall–Kier alpha value is -1.16. The minimum atomic E-state index is -0.752. The van der Waals surface area contributed by atoms with Crippen molar-refractivity contribution >= 4 is 23.2 Å². The summed E-state index contributed by atoms with van der Waals surface area (Å²) in [6.07, 6.45) is 1.05. The Kier molecular flexibility index (Phi) is 4.17. The molecular weight excluding hydrogens is 276 g/mol. The van der Waals surface area contributed by atoms with E-state index in [1.165, 1.54) is 18.3 Å². The molecule has 18 heavy (non-hydrogen) atoms. The van der Waals surface area contributed by atoms with Gasteiger partial charge >= 0.3 is 0 Å². The maximum Gasteiger partial charge on any atom is 0.129 e. The standard InChI is InChI=1S/C13H10Cl2FNO/c14-11-6-10(16)3-1-8(11)5-12(18)9-2-4-13(15)17-7-9/h1-4,6-7,12,18H,5H2. The van der Waals surface area contributed by atoms with Gasteiger partial charge < -0.3 is 5.11 Å². The number of hydrogen-bond donors (Lipinski definition) is 1. The van der Waals surface area contributed by atoms with Crippen LogP contribution in [0.4, 0.5) is 4.39 Å². The number of aromatic nitrogens is 1. The van der Waals surface area contributed by atoms with Crippen molar-refractivity contribution < 1.29 is 9.50 Å². The normalized spacial score (nSPS) is 12.4. The fourth-order valence-corrected chi connectivity index (χ4v) is 1.95. The van der Waals surface area contributed by atoms with E-state index < -0.39 is 11.9 Å². The van der Waals surface area contributed by atoms with E-state index in [0.29, 0.717) is 27.7 Å². The van der Waals surface area contributed by atoms with Crippen LogP contribution in [-0.4, -0.2) is 10.1 Å². The highest BCUT2D eigenvalue weighted by Gasteiger charge is 2.11. The van der Waals surface area contributed by atoms with Crippen molar-refractivity contribution in [1.82, 2.24) is 4.98 Å². The van der Waals surface area contributed by atoms with Crippen molar-refractivity contribution in [3.63, 3.8) is 0 Å². The molecule has 1 aromatic carbocycles. The number of benzene rings is 1. The molecule has 2 aromatic rings. The Labute approximate surface area is 114 Å². The quantitative estimate of drug-likeness (QED) is 0.870. The largest absolute Gasteiger partial charge is 0.388 e. The molecule has 0 bridgehead atoms. The molecule has 94 valence electrons. The summed E-state index contributed by atoms with van der Waals surface area (Å²) < 4.78 is 12.9. The summed E-state index contributed by atoms with van der Waals surface area (Å²) in [6.45, 7) is 0. The molecule has 1 aromatic heterocycles. The highest BCUT2D eigenvalue weighted by molar-refractivity contribution is 6.31. The second kappa shape index (κ2) is 5.65. The van der Waals surface area contributed by atoms with Gasteiger partial charge in [0.25, 0.3) is 0 Å². The van der Waals surface area contributed by atoms with Gasteiger partial charge in [0.2, 0.25) is 0 Å². The van der Waals surface area contributed by atoms with E-state index in [1.54, 1.807) is 18.2 Å². The first-order chi connectivity index (χ1) is 8.56. The first-order valence-corrected chi connectivity index (χ1v) is 6.05. The maximum atomic E-state index is 12.9. The molecule has 0 aliphatic rings. The van der Waals surface area contributed by atoms with Crippen molar-refractivity contribution in [2.75, 3.05) is 0 Å². The second-order valence-corrected chi connectivity index (χ2v) is 4.66. The zero-order chi connectivity index (χ0) is 13.1. The number of nitrogens with zero attached hydrogens (tertiary/aromatic N) is 1. The van der Waals surface area contributed by atoms with E-state index in [9.17, 15) is 9.50 Å². The lowest BCUT2D eigenvalue weighted by Crippen LogP contribution is -2.03. The molecule has 0 saturated carbocycles. The molecule has 2 rings (SSSR count). The fourth-order valence-electron chi connectivity index (χ4n) is 1.60. The molecule has 0 fully saturated rings. The van der Waals surface area contributed by atoms with Crippen molar-refractivity contribution in [2.45, 2.75) is 12.5 Å². The second-order valence-electron chi connectivity index (χ2n) is 3.87. The lowest BCUT2D eigenvalue weighted by Gasteiger charge is -2.12. The number of pyridine rings is 1. The summed E-state index contributed by atoms with van der Waals surface area (Å²) in [6, 6.07) is 7.39. The van der Waals surface area contributed by atoms with Crippen LogP contribution in [0.3, 0.4) is 0 Å². The van der Waals surface area contributed by atoms with Crippen molar-refractivity contribution in [1.29, 1.82) is 0 Å². The van der Waals surface area contributed by atoms with Gasteiger partial charge in [-0.15, -0.1) is 0 Å². The molecular formula is C13H10Cl2FNO. The van der Waals surface area contributed by atoms with Crippen LogP contribution in [0.2, 0.25) is 10.2 Å². The van der Waals surface area contributed by atoms with Crippen LogP contribution in [0, 0.1) is 5.82 Å². The molecule has 0 aliphatic carbocycles. The van der Waals surface area contributed by atoms with Gasteiger partial charge in [0.15, 0.2) is 0 Å². The first kappa shape index (κ1) is 13.3. The van der Waals surface area contributed by atoms with E-state index in [2.05, 4.69) is 4.98 Å². The van der Waals surface area contributed by atoms with Gasteiger partial charge in [0.1, 0.15) is 11.0 Å². The van der Waals surface area contributed by atoms with Crippen LogP contribution >= 0.6 is 23.2 Å². The zero-order valence-corrected chi connectivity index (χ0v) is 10.8. The molecule has 5 heteroatoms. The first-order valence-electron chi connectivity index (χ1n) is 5.29. The van der Waals surface area contributed by atoms with Crippen molar-refractivity contribution in [3.8, 4) is 0 Å².